The number of ether oxygens (including phenoxy) is 1. The predicted octanol–water partition coefficient (Wildman–Crippen LogP) is 4.67. The lowest BCUT2D eigenvalue weighted by Gasteiger charge is -2.16. The predicted molar refractivity (Wildman–Crippen MR) is 106 cm³/mol. The van der Waals surface area contributed by atoms with E-state index in [1.807, 2.05) is 41.9 Å². The number of hydrogen-bond acceptors (Lipinski definition) is 4. The van der Waals surface area contributed by atoms with Crippen LogP contribution in [-0.2, 0) is 11.3 Å². The molecule has 4 aromatic rings. The standard InChI is InChI=1S/C21H20N2O3S/c1-25-19-6-2-5-18-21(19)17(12-22-18)16(14-7-9-27-13-14)10-20(24)23-11-15-4-3-8-26-15/h2-9,12-13,16,22H,10-11H2,1H3,(H,23,24). The molecule has 1 atom stereocenters. The van der Waals surface area contributed by atoms with Gasteiger partial charge in [-0.3, -0.25) is 4.79 Å². The Kier molecular flexibility index (Phi) is 4.98. The second-order valence-electron chi connectivity index (χ2n) is 6.30. The summed E-state index contributed by atoms with van der Waals surface area (Å²) in [6, 6.07) is 11.7. The van der Waals surface area contributed by atoms with Crippen LogP contribution in [0.4, 0.5) is 0 Å². The number of carbonyl (C=O) groups excluding carboxylic acids is 1. The third-order valence-electron chi connectivity index (χ3n) is 4.67. The number of amides is 1. The van der Waals surface area contributed by atoms with E-state index in [1.54, 1.807) is 24.7 Å². The van der Waals surface area contributed by atoms with Gasteiger partial charge in [-0.2, -0.15) is 11.3 Å². The van der Waals surface area contributed by atoms with Crippen LogP contribution < -0.4 is 10.1 Å². The van der Waals surface area contributed by atoms with Gasteiger partial charge in [-0.25, -0.2) is 0 Å². The molecule has 1 unspecified atom stereocenters. The van der Waals surface area contributed by atoms with Crippen molar-refractivity contribution in [3.05, 3.63) is 76.5 Å². The van der Waals surface area contributed by atoms with E-state index < -0.39 is 0 Å². The van der Waals surface area contributed by atoms with Crippen LogP contribution in [0, 0.1) is 0 Å². The molecule has 5 nitrogen and oxygen atoms in total. The van der Waals surface area contributed by atoms with E-state index in [4.69, 9.17) is 9.15 Å². The SMILES string of the molecule is COc1cccc2[nH]cc(C(CC(=O)NCc3ccco3)c3ccsc3)c12. The molecule has 1 amide bonds. The molecule has 0 saturated heterocycles. The first-order valence-corrected chi connectivity index (χ1v) is 9.65. The maximum atomic E-state index is 12.6. The fourth-order valence-electron chi connectivity index (χ4n) is 3.36. The summed E-state index contributed by atoms with van der Waals surface area (Å²) in [4.78, 5) is 15.9. The first-order valence-electron chi connectivity index (χ1n) is 8.71. The Morgan fingerprint density at radius 1 is 1.30 bits per heavy atom. The van der Waals surface area contributed by atoms with Crippen LogP contribution in [0.2, 0.25) is 0 Å². The van der Waals surface area contributed by atoms with Gasteiger partial charge >= 0.3 is 0 Å². The molecule has 0 fully saturated rings. The smallest absolute Gasteiger partial charge is 0.221 e. The number of methoxy groups -OCH3 is 1. The zero-order valence-corrected chi connectivity index (χ0v) is 15.7. The number of hydrogen-bond donors (Lipinski definition) is 2. The molecule has 27 heavy (non-hydrogen) atoms. The Balaban J connectivity index is 1.63. The summed E-state index contributed by atoms with van der Waals surface area (Å²) in [5.41, 5.74) is 3.19. The van der Waals surface area contributed by atoms with Gasteiger partial charge in [-0.05, 0) is 52.2 Å². The molecule has 0 saturated carbocycles. The van der Waals surface area contributed by atoms with Crippen molar-refractivity contribution >= 4 is 28.1 Å². The van der Waals surface area contributed by atoms with Gasteiger partial charge in [0, 0.05) is 29.4 Å². The summed E-state index contributed by atoms with van der Waals surface area (Å²) in [7, 11) is 1.67. The van der Waals surface area contributed by atoms with Crippen molar-refractivity contribution < 1.29 is 13.9 Å². The van der Waals surface area contributed by atoms with Crippen molar-refractivity contribution in [2.75, 3.05) is 7.11 Å². The Bertz CT molecular complexity index is 1020. The van der Waals surface area contributed by atoms with Gasteiger partial charge in [-0.15, -0.1) is 0 Å². The van der Waals surface area contributed by atoms with Crippen LogP contribution >= 0.6 is 11.3 Å². The highest BCUT2D eigenvalue weighted by Gasteiger charge is 2.23. The lowest BCUT2D eigenvalue weighted by Crippen LogP contribution is -2.24. The van der Waals surface area contributed by atoms with Crippen molar-refractivity contribution in [1.29, 1.82) is 0 Å². The van der Waals surface area contributed by atoms with Gasteiger partial charge in [0.25, 0.3) is 0 Å². The van der Waals surface area contributed by atoms with Crippen molar-refractivity contribution in [2.45, 2.75) is 18.9 Å². The van der Waals surface area contributed by atoms with Crippen molar-refractivity contribution in [3.8, 4) is 5.75 Å². The molecular weight excluding hydrogens is 360 g/mol. The summed E-state index contributed by atoms with van der Waals surface area (Å²) in [5, 5.41) is 8.10. The zero-order chi connectivity index (χ0) is 18.6. The van der Waals surface area contributed by atoms with E-state index in [9.17, 15) is 4.79 Å². The van der Waals surface area contributed by atoms with E-state index in [2.05, 4.69) is 21.7 Å². The first kappa shape index (κ1) is 17.4. The number of nitrogens with one attached hydrogen (secondary N) is 2. The molecule has 3 aromatic heterocycles. The van der Waals surface area contributed by atoms with E-state index in [0.717, 1.165) is 33.5 Å². The molecule has 2 N–H and O–H groups in total. The normalized spacial score (nSPS) is 12.2. The Morgan fingerprint density at radius 2 is 2.22 bits per heavy atom. The summed E-state index contributed by atoms with van der Waals surface area (Å²) < 4.78 is 10.9. The van der Waals surface area contributed by atoms with Crippen molar-refractivity contribution in [1.82, 2.24) is 10.3 Å². The van der Waals surface area contributed by atoms with E-state index in [0.29, 0.717) is 13.0 Å². The number of aromatic amines is 1. The summed E-state index contributed by atoms with van der Waals surface area (Å²) in [5.74, 6) is 1.47. The van der Waals surface area contributed by atoms with Crippen LogP contribution in [0.5, 0.6) is 5.75 Å². The van der Waals surface area contributed by atoms with Crippen LogP contribution in [-0.4, -0.2) is 18.0 Å². The van der Waals surface area contributed by atoms with E-state index >= 15 is 0 Å². The molecule has 6 heteroatoms. The Morgan fingerprint density at radius 3 is 2.96 bits per heavy atom. The minimum absolute atomic E-state index is 0.0214. The molecule has 3 heterocycles. The average molecular weight is 380 g/mol. The molecule has 0 radical (unpaired) electrons. The van der Waals surface area contributed by atoms with Crippen molar-refractivity contribution in [3.63, 3.8) is 0 Å². The van der Waals surface area contributed by atoms with Crippen LogP contribution in [0.3, 0.4) is 0 Å². The number of rotatable bonds is 7. The van der Waals surface area contributed by atoms with E-state index in [-0.39, 0.29) is 11.8 Å². The van der Waals surface area contributed by atoms with Gasteiger partial charge in [0.05, 0.1) is 19.9 Å². The number of aromatic nitrogens is 1. The second kappa shape index (κ2) is 7.72. The molecule has 1 aromatic carbocycles. The molecule has 0 aliphatic rings. The van der Waals surface area contributed by atoms with Crippen LogP contribution in [0.1, 0.15) is 29.2 Å². The number of fused-ring (bicyclic) bond motifs is 1. The summed E-state index contributed by atoms with van der Waals surface area (Å²) >= 11 is 1.63. The molecule has 138 valence electrons. The van der Waals surface area contributed by atoms with Crippen LogP contribution in [0.15, 0.2) is 64.0 Å². The maximum absolute atomic E-state index is 12.6. The first-order chi connectivity index (χ1) is 13.3. The molecule has 0 spiro atoms. The number of carbonyl (C=O) groups is 1. The highest BCUT2D eigenvalue weighted by Crippen LogP contribution is 2.38. The monoisotopic (exact) mass is 380 g/mol. The summed E-state index contributed by atoms with van der Waals surface area (Å²) in [6.45, 7) is 0.388. The molecular formula is C21H20N2O3S. The molecule has 4 rings (SSSR count). The number of benzene rings is 1. The summed E-state index contributed by atoms with van der Waals surface area (Å²) in [6.07, 6.45) is 3.94. The largest absolute Gasteiger partial charge is 0.496 e. The highest BCUT2D eigenvalue weighted by molar-refractivity contribution is 7.08. The lowest BCUT2D eigenvalue weighted by molar-refractivity contribution is -0.121. The second-order valence-corrected chi connectivity index (χ2v) is 7.08. The highest BCUT2D eigenvalue weighted by atomic mass is 32.1. The van der Waals surface area contributed by atoms with Gasteiger partial charge < -0.3 is 19.5 Å². The molecule has 0 aliphatic carbocycles. The quantitative estimate of drug-likeness (QED) is 0.490. The Labute approximate surface area is 161 Å². The zero-order valence-electron chi connectivity index (χ0n) is 14.9. The topological polar surface area (TPSA) is 67.3 Å². The third-order valence-corrected chi connectivity index (χ3v) is 5.37. The third kappa shape index (κ3) is 3.61. The van der Waals surface area contributed by atoms with Gasteiger partial charge in [0.2, 0.25) is 5.91 Å². The number of H-pyrrole nitrogens is 1. The molecule has 0 bridgehead atoms. The lowest BCUT2D eigenvalue weighted by atomic mass is 9.89. The fourth-order valence-corrected chi connectivity index (χ4v) is 4.07. The average Bonchev–Trinajstić information content (AvgIpc) is 3.45. The number of thiophene rings is 1. The minimum atomic E-state index is -0.0575. The number of furan rings is 1. The van der Waals surface area contributed by atoms with Gasteiger partial charge in [0.1, 0.15) is 11.5 Å². The minimum Gasteiger partial charge on any atom is -0.496 e. The van der Waals surface area contributed by atoms with Gasteiger partial charge in [-0.1, -0.05) is 6.07 Å². The van der Waals surface area contributed by atoms with Crippen molar-refractivity contribution in [2.24, 2.45) is 0 Å². The molecule has 0 aliphatic heterocycles. The maximum Gasteiger partial charge on any atom is 0.221 e. The van der Waals surface area contributed by atoms with Crippen LogP contribution in [0.25, 0.3) is 10.9 Å². The van der Waals surface area contributed by atoms with E-state index in [1.165, 1.54) is 0 Å². The van der Waals surface area contributed by atoms with Gasteiger partial charge in [0.15, 0.2) is 0 Å². The fraction of sp³-hybridized carbons (Fsp3) is 0.190. The Hall–Kier alpha value is -2.99.